The van der Waals surface area contributed by atoms with E-state index in [0.29, 0.717) is 42.5 Å². The first-order valence-electron chi connectivity index (χ1n) is 7.73. The number of pyridine rings is 1. The molecule has 128 valence electrons. The first kappa shape index (κ1) is 16.5. The SMILES string of the molecule is C=CCNC(=O)c1ccnc(C(=O)Nc2ccc3c(c2)OCCO3)c1. The Labute approximate surface area is 144 Å². The fourth-order valence-corrected chi connectivity index (χ4v) is 2.28. The Morgan fingerprint density at radius 2 is 1.92 bits per heavy atom. The second kappa shape index (κ2) is 7.48. The molecule has 0 bridgehead atoms. The molecular weight excluding hydrogens is 322 g/mol. The summed E-state index contributed by atoms with van der Waals surface area (Å²) < 4.78 is 10.9. The third kappa shape index (κ3) is 3.95. The monoisotopic (exact) mass is 339 g/mol. The lowest BCUT2D eigenvalue weighted by Crippen LogP contribution is -2.24. The topological polar surface area (TPSA) is 89.6 Å². The molecule has 2 heterocycles. The Bertz CT molecular complexity index is 820. The molecule has 0 spiro atoms. The van der Waals surface area contributed by atoms with Crippen LogP contribution in [0.25, 0.3) is 0 Å². The molecule has 0 aliphatic carbocycles. The number of amides is 2. The number of carbonyl (C=O) groups is 2. The molecule has 1 aliphatic heterocycles. The summed E-state index contributed by atoms with van der Waals surface area (Å²) in [5.74, 6) is 0.503. The second-order valence-electron chi connectivity index (χ2n) is 5.24. The number of aromatic nitrogens is 1. The first-order valence-corrected chi connectivity index (χ1v) is 7.73. The lowest BCUT2D eigenvalue weighted by Gasteiger charge is -2.19. The largest absolute Gasteiger partial charge is 0.486 e. The second-order valence-corrected chi connectivity index (χ2v) is 5.24. The molecule has 1 aromatic carbocycles. The Morgan fingerprint density at radius 1 is 1.12 bits per heavy atom. The highest BCUT2D eigenvalue weighted by molar-refractivity contribution is 6.04. The molecule has 0 saturated carbocycles. The van der Waals surface area contributed by atoms with Gasteiger partial charge in [-0.2, -0.15) is 0 Å². The summed E-state index contributed by atoms with van der Waals surface area (Å²) in [4.78, 5) is 28.3. The van der Waals surface area contributed by atoms with Crippen LogP contribution in [-0.2, 0) is 0 Å². The van der Waals surface area contributed by atoms with Crippen molar-refractivity contribution in [3.63, 3.8) is 0 Å². The summed E-state index contributed by atoms with van der Waals surface area (Å²) in [6.45, 7) is 4.86. The van der Waals surface area contributed by atoms with Crippen LogP contribution >= 0.6 is 0 Å². The van der Waals surface area contributed by atoms with E-state index in [-0.39, 0.29) is 11.6 Å². The number of carbonyl (C=O) groups excluding carboxylic acids is 2. The van der Waals surface area contributed by atoms with Crippen LogP contribution in [-0.4, -0.2) is 36.6 Å². The molecule has 2 N–H and O–H groups in total. The van der Waals surface area contributed by atoms with E-state index in [9.17, 15) is 9.59 Å². The van der Waals surface area contributed by atoms with Crippen molar-refractivity contribution in [1.29, 1.82) is 0 Å². The Hall–Kier alpha value is -3.35. The number of fused-ring (bicyclic) bond motifs is 1. The summed E-state index contributed by atoms with van der Waals surface area (Å²) >= 11 is 0. The third-order valence-electron chi connectivity index (χ3n) is 3.46. The highest BCUT2D eigenvalue weighted by Gasteiger charge is 2.15. The Balaban J connectivity index is 1.73. The van der Waals surface area contributed by atoms with Gasteiger partial charge in [0.05, 0.1) is 0 Å². The van der Waals surface area contributed by atoms with Crippen molar-refractivity contribution in [2.75, 3.05) is 25.1 Å². The van der Waals surface area contributed by atoms with Crippen molar-refractivity contribution in [3.05, 3.63) is 60.4 Å². The van der Waals surface area contributed by atoms with Crippen molar-refractivity contribution in [3.8, 4) is 11.5 Å². The molecular formula is C18H17N3O4. The molecule has 1 aliphatic rings. The van der Waals surface area contributed by atoms with Gasteiger partial charge in [-0.1, -0.05) is 6.08 Å². The minimum Gasteiger partial charge on any atom is -0.486 e. The first-order chi connectivity index (χ1) is 12.2. The van der Waals surface area contributed by atoms with Crippen LogP contribution in [0.15, 0.2) is 49.2 Å². The van der Waals surface area contributed by atoms with Gasteiger partial charge in [-0.15, -0.1) is 6.58 Å². The zero-order valence-electron chi connectivity index (χ0n) is 13.5. The van der Waals surface area contributed by atoms with Crippen LogP contribution < -0.4 is 20.1 Å². The van der Waals surface area contributed by atoms with Gasteiger partial charge in [-0.05, 0) is 24.3 Å². The highest BCUT2D eigenvalue weighted by atomic mass is 16.6. The van der Waals surface area contributed by atoms with E-state index in [0.717, 1.165) is 0 Å². The van der Waals surface area contributed by atoms with Gasteiger partial charge in [-0.3, -0.25) is 14.6 Å². The van der Waals surface area contributed by atoms with E-state index >= 15 is 0 Å². The summed E-state index contributed by atoms with van der Waals surface area (Å²) in [6.07, 6.45) is 3.00. The van der Waals surface area contributed by atoms with Gasteiger partial charge in [0.15, 0.2) is 11.5 Å². The van der Waals surface area contributed by atoms with Gasteiger partial charge in [-0.25, -0.2) is 0 Å². The molecule has 7 heteroatoms. The Kier molecular flexibility index (Phi) is 4.94. The number of rotatable bonds is 5. The third-order valence-corrected chi connectivity index (χ3v) is 3.46. The molecule has 0 fully saturated rings. The summed E-state index contributed by atoms with van der Waals surface area (Å²) in [5, 5.41) is 5.38. The lowest BCUT2D eigenvalue weighted by molar-refractivity contribution is 0.0958. The number of benzene rings is 1. The quantitative estimate of drug-likeness (QED) is 0.814. The molecule has 0 radical (unpaired) electrons. The fourth-order valence-electron chi connectivity index (χ4n) is 2.28. The van der Waals surface area contributed by atoms with E-state index in [1.165, 1.54) is 12.3 Å². The van der Waals surface area contributed by atoms with Gasteiger partial charge in [0.2, 0.25) is 0 Å². The molecule has 0 atom stereocenters. The molecule has 25 heavy (non-hydrogen) atoms. The van der Waals surface area contributed by atoms with Gasteiger partial charge in [0, 0.05) is 30.1 Å². The van der Waals surface area contributed by atoms with Crippen LogP contribution in [0, 0.1) is 0 Å². The molecule has 2 aromatic rings. The maximum absolute atomic E-state index is 12.4. The minimum atomic E-state index is -0.421. The van der Waals surface area contributed by atoms with Crippen LogP contribution in [0.5, 0.6) is 11.5 Å². The number of nitrogens with one attached hydrogen (secondary N) is 2. The summed E-state index contributed by atoms with van der Waals surface area (Å²) in [5.41, 5.74) is 1.04. The number of hydrogen-bond acceptors (Lipinski definition) is 5. The number of hydrogen-bond donors (Lipinski definition) is 2. The molecule has 0 unspecified atom stereocenters. The Morgan fingerprint density at radius 3 is 2.72 bits per heavy atom. The van der Waals surface area contributed by atoms with Crippen molar-refractivity contribution in [2.24, 2.45) is 0 Å². The standard InChI is InChI=1S/C18H17N3O4/c1-2-6-20-17(22)12-5-7-19-14(10-12)18(23)21-13-3-4-15-16(11-13)25-9-8-24-15/h2-5,7,10-11H,1,6,8-9H2,(H,20,22)(H,21,23). The molecule has 0 saturated heterocycles. The predicted molar refractivity (Wildman–Crippen MR) is 92.2 cm³/mol. The maximum atomic E-state index is 12.4. The van der Waals surface area contributed by atoms with Crippen molar-refractivity contribution < 1.29 is 19.1 Å². The average Bonchev–Trinajstić information content (AvgIpc) is 2.66. The zero-order chi connectivity index (χ0) is 17.6. The molecule has 3 rings (SSSR count). The van der Waals surface area contributed by atoms with Crippen molar-refractivity contribution in [1.82, 2.24) is 10.3 Å². The van der Waals surface area contributed by atoms with Crippen LogP contribution in [0.3, 0.4) is 0 Å². The predicted octanol–water partition coefficient (Wildman–Crippen LogP) is 2.02. The normalized spacial score (nSPS) is 12.2. The van der Waals surface area contributed by atoms with Crippen LogP contribution in [0.2, 0.25) is 0 Å². The van der Waals surface area contributed by atoms with Gasteiger partial charge in [0.25, 0.3) is 11.8 Å². The average molecular weight is 339 g/mol. The smallest absolute Gasteiger partial charge is 0.274 e. The maximum Gasteiger partial charge on any atom is 0.274 e. The number of ether oxygens (including phenoxy) is 2. The summed E-state index contributed by atoms with van der Waals surface area (Å²) in [6, 6.07) is 8.11. The highest BCUT2D eigenvalue weighted by Crippen LogP contribution is 2.32. The number of anilines is 1. The zero-order valence-corrected chi connectivity index (χ0v) is 13.5. The van der Waals surface area contributed by atoms with E-state index in [2.05, 4.69) is 22.2 Å². The molecule has 2 amide bonds. The van der Waals surface area contributed by atoms with Crippen LogP contribution in [0.1, 0.15) is 20.8 Å². The number of nitrogens with zero attached hydrogens (tertiary/aromatic N) is 1. The van der Waals surface area contributed by atoms with Gasteiger partial charge >= 0.3 is 0 Å². The van der Waals surface area contributed by atoms with Gasteiger partial charge in [0.1, 0.15) is 18.9 Å². The van der Waals surface area contributed by atoms with E-state index in [1.54, 1.807) is 30.3 Å². The lowest BCUT2D eigenvalue weighted by atomic mass is 10.2. The van der Waals surface area contributed by atoms with E-state index in [1.807, 2.05) is 0 Å². The summed E-state index contributed by atoms with van der Waals surface area (Å²) in [7, 11) is 0. The van der Waals surface area contributed by atoms with E-state index in [4.69, 9.17) is 9.47 Å². The van der Waals surface area contributed by atoms with Gasteiger partial charge < -0.3 is 20.1 Å². The van der Waals surface area contributed by atoms with Crippen molar-refractivity contribution in [2.45, 2.75) is 0 Å². The molecule has 7 nitrogen and oxygen atoms in total. The van der Waals surface area contributed by atoms with E-state index < -0.39 is 5.91 Å². The molecule has 1 aromatic heterocycles. The van der Waals surface area contributed by atoms with Crippen molar-refractivity contribution >= 4 is 17.5 Å². The fraction of sp³-hybridized carbons (Fsp3) is 0.167. The minimum absolute atomic E-state index is 0.140. The van der Waals surface area contributed by atoms with Crippen LogP contribution in [0.4, 0.5) is 5.69 Å².